The molecule has 0 radical (unpaired) electrons. The molecule has 0 atom stereocenters. The van der Waals surface area contributed by atoms with E-state index in [9.17, 15) is 4.79 Å². The van der Waals surface area contributed by atoms with Crippen LogP contribution in [0.25, 0.3) is 0 Å². The lowest BCUT2D eigenvalue weighted by atomic mass is 10.2. The quantitative estimate of drug-likeness (QED) is 0.783. The SMILES string of the molecule is COCCc1c(C(=O)O)nnn1Cc1ccno1. The molecule has 2 aromatic rings. The number of rotatable bonds is 6. The van der Waals surface area contributed by atoms with Crippen LogP contribution in [0.2, 0.25) is 0 Å². The van der Waals surface area contributed by atoms with Crippen molar-refractivity contribution in [1.29, 1.82) is 0 Å². The highest BCUT2D eigenvalue weighted by molar-refractivity contribution is 5.86. The third-order valence-electron chi connectivity index (χ3n) is 2.38. The van der Waals surface area contributed by atoms with Crippen molar-refractivity contribution < 1.29 is 19.2 Å². The predicted molar refractivity (Wildman–Crippen MR) is 58.2 cm³/mol. The fraction of sp³-hybridized carbons (Fsp3) is 0.400. The van der Waals surface area contributed by atoms with E-state index in [0.717, 1.165) is 0 Å². The van der Waals surface area contributed by atoms with Crippen LogP contribution in [0.15, 0.2) is 16.8 Å². The molecule has 0 unspecified atom stereocenters. The first-order valence-electron chi connectivity index (χ1n) is 5.26. The number of carboxylic acids is 1. The van der Waals surface area contributed by atoms with Gasteiger partial charge in [-0.2, -0.15) is 0 Å². The van der Waals surface area contributed by atoms with Gasteiger partial charge in [-0.15, -0.1) is 5.10 Å². The fourth-order valence-corrected chi connectivity index (χ4v) is 1.54. The molecule has 1 N–H and O–H groups in total. The van der Waals surface area contributed by atoms with Gasteiger partial charge in [-0.3, -0.25) is 0 Å². The molecule has 2 heterocycles. The number of hydrogen-bond donors (Lipinski definition) is 1. The van der Waals surface area contributed by atoms with E-state index in [1.807, 2.05) is 0 Å². The molecule has 0 aliphatic rings. The first-order valence-corrected chi connectivity index (χ1v) is 5.26. The smallest absolute Gasteiger partial charge is 0.358 e. The summed E-state index contributed by atoms with van der Waals surface area (Å²) >= 11 is 0. The van der Waals surface area contributed by atoms with Gasteiger partial charge in [0.2, 0.25) is 0 Å². The third-order valence-corrected chi connectivity index (χ3v) is 2.38. The summed E-state index contributed by atoms with van der Waals surface area (Å²) in [5, 5.41) is 20.0. The highest BCUT2D eigenvalue weighted by Crippen LogP contribution is 2.10. The summed E-state index contributed by atoms with van der Waals surface area (Å²) in [6.45, 7) is 0.684. The molecular weight excluding hydrogens is 240 g/mol. The highest BCUT2D eigenvalue weighted by Gasteiger charge is 2.19. The van der Waals surface area contributed by atoms with Crippen LogP contribution in [0.1, 0.15) is 21.9 Å². The number of carboxylic acid groups (broad SMARTS) is 1. The van der Waals surface area contributed by atoms with Gasteiger partial charge in [-0.1, -0.05) is 10.4 Å². The fourth-order valence-electron chi connectivity index (χ4n) is 1.54. The zero-order chi connectivity index (χ0) is 13.0. The molecule has 0 bridgehead atoms. The molecule has 96 valence electrons. The number of ether oxygens (including phenoxy) is 1. The van der Waals surface area contributed by atoms with E-state index in [1.54, 1.807) is 13.2 Å². The largest absolute Gasteiger partial charge is 0.476 e. The molecule has 8 nitrogen and oxygen atoms in total. The number of nitrogens with zero attached hydrogens (tertiary/aromatic N) is 4. The summed E-state index contributed by atoms with van der Waals surface area (Å²) in [5.74, 6) is -0.527. The van der Waals surface area contributed by atoms with Crippen LogP contribution in [0, 0.1) is 0 Å². The Morgan fingerprint density at radius 2 is 2.44 bits per heavy atom. The lowest BCUT2D eigenvalue weighted by molar-refractivity contribution is 0.0688. The Balaban J connectivity index is 2.25. The summed E-state index contributed by atoms with van der Waals surface area (Å²) in [5.41, 5.74) is 0.437. The molecule has 18 heavy (non-hydrogen) atoms. The van der Waals surface area contributed by atoms with E-state index >= 15 is 0 Å². The molecule has 0 saturated carbocycles. The number of aromatic nitrogens is 4. The Morgan fingerprint density at radius 1 is 1.61 bits per heavy atom. The summed E-state index contributed by atoms with van der Waals surface area (Å²) in [6.07, 6.45) is 1.93. The van der Waals surface area contributed by atoms with Crippen LogP contribution in [0.5, 0.6) is 0 Å². The van der Waals surface area contributed by atoms with Gasteiger partial charge in [0.25, 0.3) is 0 Å². The average Bonchev–Trinajstić information content (AvgIpc) is 2.96. The van der Waals surface area contributed by atoms with E-state index < -0.39 is 5.97 Å². The minimum atomic E-state index is -1.11. The van der Waals surface area contributed by atoms with Crippen molar-refractivity contribution in [2.45, 2.75) is 13.0 Å². The first kappa shape index (κ1) is 12.2. The standard InChI is InChI=1S/C10H12N4O4/c1-17-5-3-8-9(10(15)16)12-13-14(8)6-7-2-4-11-18-7/h2,4H,3,5-6H2,1H3,(H,15,16). The average molecular weight is 252 g/mol. The van der Waals surface area contributed by atoms with E-state index in [-0.39, 0.29) is 5.69 Å². The van der Waals surface area contributed by atoms with Gasteiger partial charge in [0, 0.05) is 19.6 Å². The van der Waals surface area contributed by atoms with E-state index in [0.29, 0.717) is 31.0 Å². The predicted octanol–water partition coefficient (Wildman–Crippen LogP) is 0.201. The summed E-state index contributed by atoms with van der Waals surface area (Å²) in [6, 6.07) is 1.68. The van der Waals surface area contributed by atoms with E-state index in [2.05, 4.69) is 15.5 Å². The molecule has 0 aliphatic carbocycles. The molecule has 0 aromatic carbocycles. The van der Waals surface area contributed by atoms with Crippen LogP contribution >= 0.6 is 0 Å². The van der Waals surface area contributed by atoms with Crippen molar-refractivity contribution >= 4 is 5.97 Å². The molecule has 0 amide bonds. The first-order chi connectivity index (χ1) is 8.72. The van der Waals surface area contributed by atoms with Crippen LogP contribution in [0.4, 0.5) is 0 Å². The highest BCUT2D eigenvalue weighted by atomic mass is 16.5. The molecule has 0 saturated heterocycles. The summed E-state index contributed by atoms with van der Waals surface area (Å²) in [7, 11) is 1.55. The summed E-state index contributed by atoms with van der Waals surface area (Å²) in [4.78, 5) is 11.0. The second-order valence-electron chi connectivity index (χ2n) is 3.57. The number of aromatic carboxylic acids is 1. The van der Waals surface area contributed by atoms with Gasteiger partial charge in [-0.25, -0.2) is 9.48 Å². The third kappa shape index (κ3) is 2.54. The van der Waals surface area contributed by atoms with E-state index in [4.69, 9.17) is 14.4 Å². The van der Waals surface area contributed by atoms with Crippen LogP contribution < -0.4 is 0 Å². The maximum absolute atomic E-state index is 11.0. The van der Waals surface area contributed by atoms with Crippen LogP contribution in [0.3, 0.4) is 0 Å². The molecule has 2 aromatic heterocycles. The Kier molecular flexibility index (Phi) is 3.68. The molecule has 0 aliphatic heterocycles. The normalized spacial score (nSPS) is 10.7. The Labute approximate surface area is 102 Å². The van der Waals surface area contributed by atoms with Crippen molar-refractivity contribution in [2.24, 2.45) is 0 Å². The van der Waals surface area contributed by atoms with Gasteiger partial charge >= 0.3 is 5.97 Å². The summed E-state index contributed by atoms with van der Waals surface area (Å²) < 4.78 is 11.4. The van der Waals surface area contributed by atoms with Gasteiger partial charge in [0.1, 0.15) is 6.54 Å². The van der Waals surface area contributed by atoms with Crippen LogP contribution in [-0.4, -0.2) is 44.9 Å². The molecule has 8 heteroatoms. The zero-order valence-electron chi connectivity index (χ0n) is 9.74. The Morgan fingerprint density at radius 3 is 3.06 bits per heavy atom. The molecule has 2 rings (SSSR count). The van der Waals surface area contributed by atoms with Crippen LogP contribution in [-0.2, 0) is 17.7 Å². The van der Waals surface area contributed by atoms with E-state index in [1.165, 1.54) is 10.9 Å². The topological polar surface area (TPSA) is 103 Å². The second-order valence-corrected chi connectivity index (χ2v) is 3.57. The molecule has 0 spiro atoms. The Bertz CT molecular complexity index is 520. The van der Waals surface area contributed by atoms with Crippen molar-refractivity contribution in [3.63, 3.8) is 0 Å². The zero-order valence-corrected chi connectivity index (χ0v) is 9.74. The molecular formula is C10H12N4O4. The van der Waals surface area contributed by atoms with Gasteiger partial charge in [0.05, 0.1) is 18.5 Å². The number of carbonyl (C=O) groups is 1. The van der Waals surface area contributed by atoms with Gasteiger partial charge in [0.15, 0.2) is 11.5 Å². The van der Waals surface area contributed by atoms with Crippen molar-refractivity contribution in [3.05, 3.63) is 29.4 Å². The van der Waals surface area contributed by atoms with Crippen molar-refractivity contribution in [2.75, 3.05) is 13.7 Å². The Hall–Kier alpha value is -2.22. The van der Waals surface area contributed by atoms with Gasteiger partial charge < -0.3 is 14.4 Å². The lowest BCUT2D eigenvalue weighted by Gasteiger charge is -2.04. The van der Waals surface area contributed by atoms with Crippen molar-refractivity contribution in [3.8, 4) is 0 Å². The second kappa shape index (κ2) is 5.41. The van der Waals surface area contributed by atoms with Crippen molar-refractivity contribution in [1.82, 2.24) is 20.2 Å². The minimum absolute atomic E-state index is 0.0634. The number of methoxy groups -OCH3 is 1. The lowest BCUT2D eigenvalue weighted by Crippen LogP contribution is -2.11. The van der Waals surface area contributed by atoms with Gasteiger partial charge in [-0.05, 0) is 0 Å². The maximum Gasteiger partial charge on any atom is 0.358 e. The molecule has 0 fully saturated rings. The minimum Gasteiger partial charge on any atom is -0.476 e. The monoisotopic (exact) mass is 252 g/mol. The number of hydrogen-bond acceptors (Lipinski definition) is 6. The maximum atomic E-state index is 11.0.